The van der Waals surface area contributed by atoms with Gasteiger partial charge in [0.25, 0.3) is 6.43 Å². The summed E-state index contributed by atoms with van der Waals surface area (Å²) in [5, 5.41) is 17.4. The van der Waals surface area contributed by atoms with E-state index in [2.05, 4.69) is 0 Å². The van der Waals surface area contributed by atoms with Gasteiger partial charge in [-0.05, 0) is 17.7 Å². The molecule has 0 heterocycles. The van der Waals surface area contributed by atoms with Crippen LogP contribution in [0, 0.1) is 0 Å². The van der Waals surface area contributed by atoms with Crippen molar-refractivity contribution in [1.82, 2.24) is 4.31 Å². The van der Waals surface area contributed by atoms with Crippen LogP contribution in [0.25, 0.3) is 0 Å². The quantitative estimate of drug-likeness (QED) is 0.729. The second-order valence-corrected chi connectivity index (χ2v) is 6.13. The molecule has 0 radical (unpaired) electrons. The van der Waals surface area contributed by atoms with Gasteiger partial charge in [-0.15, -0.1) is 0 Å². The SMILES string of the molecule is O=C(O)Cc1ccc(S(=O)(=O)N(CCO)CC(F)F)cc1. The Bertz CT molecular complexity index is 574. The minimum absolute atomic E-state index is 0.231. The molecule has 0 bridgehead atoms. The van der Waals surface area contributed by atoms with Crippen LogP contribution in [0.4, 0.5) is 8.78 Å². The highest BCUT2D eigenvalue weighted by atomic mass is 32.2. The zero-order valence-electron chi connectivity index (χ0n) is 10.9. The van der Waals surface area contributed by atoms with E-state index >= 15 is 0 Å². The molecule has 21 heavy (non-hydrogen) atoms. The van der Waals surface area contributed by atoms with Crippen molar-refractivity contribution in [3.05, 3.63) is 29.8 Å². The van der Waals surface area contributed by atoms with Gasteiger partial charge in [0, 0.05) is 6.54 Å². The Hall–Kier alpha value is -1.58. The standard InChI is InChI=1S/C12H15F2NO5S/c13-11(14)8-15(5-6-16)21(19,20)10-3-1-9(2-4-10)7-12(17)18/h1-4,11,16H,5-8H2,(H,17,18). The highest BCUT2D eigenvalue weighted by molar-refractivity contribution is 7.89. The summed E-state index contributed by atoms with van der Waals surface area (Å²) < 4.78 is 49.6. The van der Waals surface area contributed by atoms with E-state index in [0.717, 1.165) is 12.1 Å². The summed E-state index contributed by atoms with van der Waals surface area (Å²) in [6.45, 7) is -2.04. The molecule has 0 atom stereocenters. The number of aliphatic hydroxyl groups is 1. The molecule has 0 unspecified atom stereocenters. The van der Waals surface area contributed by atoms with Crippen molar-refractivity contribution in [1.29, 1.82) is 0 Å². The first-order valence-electron chi connectivity index (χ1n) is 5.97. The number of hydrogen-bond donors (Lipinski definition) is 2. The highest BCUT2D eigenvalue weighted by Gasteiger charge is 2.26. The maximum absolute atomic E-state index is 12.4. The molecule has 1 aromatic rings. The van der Waals surface area contributed by atoms with Crippen molar-refractivity contribution in [3.8, 4) is 0 Å². The topological polar surface area (TPSA) is 94.9 Å². The van der Waals surface area contributed by atoms with Crippen molar-refractivity contribution in [2.24, 2.45) is 0 Å². The molecule has 0 fully saturated rings. The van der Waals surface area contributed by atoms with Crippen LogP contribution in [-0.4, -0.2) is 55.0 Å². The van der Waals surface area contributed by atoms with Gasteiger partial charge in [0.2, 0.25) is 10.0 Å². The molecule has 0 saturated carbocycles. The predicted molar refractivity (Wildman–Crippen MR) is 69.6 cm³/mol. The smallest absolute Gasteiger partial charge is 0.307 e. The highest BCUT2D eigenvalue weighted by Crippen LogP contribution is 2.17. The number of carbonyl (C=O) groups is 1. The predicted octanol–water partition coefficient (Wildman–Crippen LogP) is 0.562. The van der Waals surface area contributed by atoms with Crippen LogP contribution in [0.5, 0.6) is 0 Å². The first-order chi connectivity index (χ1) is 9.77. The molecule has 0 aromatic heterocycles. The Morgan fingerprint density at radius 1 is 1.24 bits per heavy atom. The Morgan fingerprint density at radius 2 is 1.81 bits per heavy atom. The average molecular weight is 323 g/mol. The number of aliphatic carboxylic acids is 1. The minimum atomic E-state index is -4.16. The fourth-order valence-electron chi connectivity index (χ4n) is 1.68. The number of sulfonamides is 1. The van der Waals surface area contributed by atoms with E-state index in [1.165, 1.54) is 12.1 Å². The molecular formula is C12H15F2NO5S. The number of rotatable bonds is 8. The number of carboxylic acids is 1. The van der Waals surface area contributed by atoms with Gasteiger partial charge in [0.15, 0.2) is 0 Å². The molecule has 1 aromatic carbocycles. The molecular weight excluding hydrogens is 308 g/mol. The van der Waals surface area contributed by atoms with Gasteiger partial charge in [0.05, 0.1) is 24.5 Å². The van der Waals surface area contributed by atoms with Crippen LogP contribution in [0.2, 0.25) is 0 Å². The number of carboxylic acid groups (broad SMARTS) is 1. The van der Waals surface area contributed by atoms with E-state index in [9.17, 15) is 22.0 Å². The summed E-state index contributed by atoms with van der Waals surface area (Å²) in [5.74, 6) is -1.06. The monoisotopic (exact) mass is 323 g/mol. The average Bonchev–Trinajstić information content (AvgIpc) is 2.37. The van der Waals surface area contributed by atoms with E-state index in [-0.39, 0.29) is 11.3 Å². The first kappa shape index (κ1) is 17.5. The van der Waals surface area contributed by atoms with Crippen LogP contribution in [-0.2, 0) is 21.2 Å². The van der Waals surface area contributed by atoms with E-state index < -0.39 is 42.1 Å². The molecule has 9 heteroatoms. The number of hydrogen-bond acceptors (Lipinski definition) is 4. The third kappa shape index (κ3) is 5.03. The van der Waals surface area contributed by atoms with Gasteiger partial charge >= 0.3 is 5.97 Å². The Morgan fingerprint density at radius 3 is 2.24 bits per heavy atom. The van der Waals surface area contributed by atoms with Crippen LogP contribution in [0.3, 0.4) is 0 Å². The summed E-state index contributed by atoms with van der Waals surface area (Å²) in [7, 11) is -4.16. The molecule has 0 aliphatic rings. The van der Waals surface area contributed by atoms with Crippen LogP contribution < -0.4 is 0 Å². The van der Waals surface area contributed by atoms with E-state index in [4.69, 9.17) is 10.2 Å². The lowest BCUT2D eigenvalue weighted by atomic mass is 10.2. The summed E-state index contributed by atoms with van der Waals surface area (Å²) in [6.07, 6.45) is -3.13. The Labute approximate surface area is 120 Å². The lowest BCUT2D eigenvalue weighted by Crippen LogP contribution is -2.37. The second-order valence-electron chi connectivity index (χ2n) is 4.19. The summed E-state index contributed by atoms with van der Waals surface area (Å²) in [4.78, 5) is 10.3. The summed E-state index contributed by atoms with van der Waals surface area (Å²) >= 11 is 0. The number of alkyl halides is 2. The van der Waals surface area contributed by atoms with Gasteiger partial charge in [-0.2, -0.15) is 4.31 Å². The first-order valence-corrected chi connectivity index (χ1v) is 7.41. The molecule has 6 nitrogen and oxygen atoms in total. The van der Waals surface area contributed by atoms with Gasteiger partial charge in [-0.1, -0.05) is 12.1 Å². The van der Waals surface area contributed by atoms with Crippen molar-refractivity contribution >= 4 is 16.0 Å². The number of nitrogens with zero attached hydrogens (tertiary/aromatic N) is 1. The van der Waals surface area contributed by atoms with Gasteiger partial charge in [0.1, 0.15) is 0 Å². The summed E-state index contributed by atoms with van der Waals surface area (Å²) in [5.41, 5.74) is 0.393. The molecule has 0 spiro atoms. The van der Waals surface area contributed by atoms with Crippen LogP contribution in [0.1, 0.15) is 5.56 Å². The third-order valence-corrected chi connectivity index (χ3v) is 4.49. The zero-order valence-corrected chi connectivity index (χ0v) is 11.8. The summed E-state index contributed by atoms with van der Waals surface area (Å²) in [6, 6.07) is 4.92. The van der Waals surface area contributed by atoms with Crippen LogP contribution in [0.15, 0.2) is 29.2 Å². The molecule has 118 valence electrons. The van der Waals surface area contributed by atoms with E-state index in [0.29, 0.717) is 9.87 Å². The molecule has 0 aliphatic carbocycles. The maximum atomic E-state index is 12.4. The van der Waals surface area contributed by atoms with Gasteiger partial charge in [-0.25, -0.2) is 17.2 Å². The fourth-order valence-corrected chi connectivity index (χ4v) is 3.09. The molecule has 1 rings (SSSR count). The molecule has 0 aliphatic heterocycles. The van der Waals surface area contributed by atoms with Crippen molar-refractivity contribution in [2.45, 2.75) is 17.7 Å². The number of aliphatic hydroxyl groups excluding tert-OH is 1. The maximum Gasteiger partial charge on any atom is 0.307 e. The van der Waals surface area contributed by atoms with Crippen molar-refractivity contribution < 1.29 is 32.2 Å². The minimum Gasteiger partial charge on any atom is -0.481 e. The normalized spacial score (nSPS) is 12.0. The number of halogens is 2. The Kier molecular flexibility index (Phi) is 6.19. The van der Waals surface area contributed by atoms with Crippen molar-refractivity contribution in [3.63, 3.8) is 0 Å². The van der Waals surface area contributed by atoms with Crippen molar-refractivity contribution in [2.75, 3.05) is 19.7 Å². The lowest BCUT2D eigenvalue weighted by Gasteiger charge is -2.20. The fraction of sp³-hybridized carbons (Fsp3) is 0.417. The zero-order chi connectivity index (χ0) is 16.0. The van der Waals surface area contributed by atoms with Crippen LogP contribution >= 0.6 is 0 Å². The van der Waals surface area contributed by atoms with Gasteiger partial charge < -0.3 is 10.2 Å². The van der Waals surface area contributed by atoms with E-state index in [1.807, 2.05) is 0 Å². The third-order valence-electron chi connectivity index (χ3n) is 2.61. The largest absolute Gasteiger partial charge is 0.481 e. The molecule has 2 N–H and O–H groups in total. The number of benzene rings is 1. The molecule has 0 saturated heterocycles. The molecule has 0 amide bonds. The van der Waals surface area contributed by atoms with Gasteiger partial charge in [-0.3, -0.25) is 4.79 Å². The van der Waals surface area contributed by atoms with E-state index in [1.54, 1.807) is 0 Å². The second kappa shape index (κ2) is 7.43. The Balaban J connectivity index is 3.01. The lowest BCUT2D eigenvalue weighted by molar-refractivity contribution is -0.136.